The van der Waals surface area contributed by atoms with Crippen LogP contribution in [-0.2, 0) is 4.79 Å². The van der Waals surface area contributed by atoms with Gasteiger partial charge >= 0.3 is 5.97 Å². The van der Waals surface area contributed by atoms with Crippen LogP contribution in [0.3, 0.4) is 0 Å². The molecule has 3 rings (SSSR count). The molecule has 0 fully saturated rings. The van der Waals surface area contributed by atoms with E-state index in [1.54, 1.807) is 50.2 Å². The first kappa shape index (κ1) is 26.5. The molecule has 0 heterocycles. The van der Waals surface area contributed by atoms with Gasteiger partial charge in [-0.3, -0.25) is 19.7 Å². The van der Waals surface area contributed by atoms with Crippen molar-refractivity contribution in [2.75, 3.05) is 11.9 Å². The third-order valence-corrected chi connectivity index (χ3v) is 4.92. The Kier molecular flexibility index (Phi) is 9.03. The summed E-state index contributed by atoms with van der Waals surface area (Å²) < 4.78 is 11.0. The minimum atomic E-state index is -0.704. The lowest BCUT2D eigenvalue weighted by molar-refractivity contribution is -0.384. The van der Waals surface area contributed by atoms with Crippen molar-refractivity contribution < 1.29 is 28.8 Å². The number of anilines is 1. The average Bonchev–Trinajstić information content (AvgIpc) is 2.90. The number of hydrogen-bond donors (Lipinski definition) is 2. The van der Waals surface area contributed by atoms with Gasteiger partial charge in [0.25, 0.3) is 11.6 Å². The standard InChI is InChI=1S/C26H24N4O7/c1-3-24(31)28-20-10-6-18(7-11-20)25(32)29-27-16-17-5-14-22(23(15-17)36-4-2)37-26(33)19-8-12-21(13-9-19)30(34)35/h5-16H,3-4H2,1-2H3,(H,28,31)(H,29,32)/b27-16+. The van der Waals surface area contributed by atoms with Crippen molar-refractivity contribution in [1.82, 2.24) is 5.43 Å². The number of amides is 2. The van der Waals surface area contributed by atoms with Crippen molar-refractivity contribution in [2.24, 2.45) is 5.10 Å². The molecule has 0 aliphatic heterocycles. The maximum absolute atomic E-state index is 12.5. The van der Waals surface area contributed by atoms with Crippen LogP contribution in [-0.4, -0.2) is 35.5 Å². The van der Waals surface area contributed by atoms with E-state index in [4.69, 9.17) is 9.47 Å². The lowest BCUT2D eigenvalue weighted by Gasteiger charge is -2.11. The maximum Gasteiger partial charge on any atom is 0.343 e. The van der Waals surface area contributed by atoms with E-state index in [-0.39, 0.29) is 28.7 Å². The number of rotatable bonds is 10. The summed E-state index contributed by atoms with van der Waals surface area (Å²) in [5, 5.41) is 17.4. The number of carbonyl (C=O) groups excluding carboxylic acids is 3. The van der Waals surface area contributed by atoms with Crippen molar-refractivity contribution in [1.29, 1.82) is 0 Å². The van der Waals surface area contributed by atoms with E-state index < -0.39 is 16.8 Å². The Morgan fingerprint density at radius 2 is 1.62 bits per heavy atom. The number of nitro groups is 1. The summed E-state index contributed by atoms with van der Waals surface area (Å²) in [5.41, 5.74) is 3.93. The van der Waals surface area contributed by atoms with E-state index in [0.29, 0.717) is 29.8 Å². The van der Waals surface area contributed by atoms with Gasteiger partial charge in [-0.2, -0.15) is 5.10 Å². The summed E-state index contributed by atoms with van der Waals surface area (Å²) >= 11 is 0. The van der Waals surface area contributed by atoms with E-state index >= 15 is 0 Å². The average molecular weight is 504 g/mol. The highest BCUT2D eigenvalue weighted by molar-refractivity contribution is 5.96. The molecule has 0 aliphatic rings. The van der Waals surface area contributed by atoms with Gasteiger partial charge < -0.3 is 14.8 Å². The molecule has 11 heteroatoms. The normalized spacial score (nSPS) is 10.5. The van der Waals surface area contributed by atoms with Crippen molar-refractivity contribution in [3.8, 4) is 11.5 Å². The van der Waals surface area contributed by atoms with E-state index in [9.17, 15) is 24.5 Å². The number of hydrazone groups is 1. The second kappa shape index (κ2) is 12.6. The Balaban J connectivity index is 1.64. The number of nitro benzene ring substituents is 1. The molecule has 0 bridgehead atoms. The Hall–Kier alpha value is -5.06. The molecule has 2 amide bonds. The molecule has 0 saturated carbocycles. The van der Waals surface area contributed by atoms with Crippen LogP contribution in [0.15, 0.2) is 71.8 Å². The van der Waals surface area contributed by atoms with Crippen molar-refractivity contribution in [2.45, 2.75) is 20.3 Å². The van der Waals surface area contributed by atoms with Gasteiger partial charge in [-0.05, 0) is 67.1 Å². The van der Waals surface area contributed by atoms with Gasteiger partial charge in [-0.1, -0.05) is 6.92 Å². The summed E-state index contributed by atoms with van der Waals surface area (Å²) in [5.74, 6) is -0.840. The zero-order valence-electron chi connectivity index (χ0n) is 20.1. The zero-order valence-corrected chi connectivity index (χ0v) is 20.1. The number of nitrogens with one attached hydrogen (secondary N) is 2. The fourth-order valence-electron chi connectivity index (χ4n) is 3.02. The number of benzene rings is 3. The lowest BCUT2D eigenvalue weighted by atomic mass is 10.2. The number of non-ortho nitro benzene ring substituents is 1. The lowest BCUT2D eigenvalue weighted by Crippen LogP contribution is -2.17. The van der Waals surface area contributed by atoms with Crippen LogP contribution < -0.4 is 20.2 Å². The molecule has 3 aromatic rings. The first-order valence-corrected chi connectivity index (χ1v) is 11.3. The molecule has 0 atom stereocenters. The van der Waals surface area contributed by atoms with Crippen LogP contribution >= 0.6 is 0 Å². The Labute approximate surface area is 212 Å². The molecule has 37 heavy (non-hydrogen) atoms. The summed E-state index contributed by atoms with van der Waals surface area (Å²) in [6, 6.07) is 16.1. The molecular weight excluding hydrogens is 480 g/mol. The third kappa shape index (κ3) is 7.46. The monoisotopic (exact) mass is 504 g/mol. The molecular formula is C26H24N4O7. The highest BCUT2D eigenvalue weighted by Crippen LogP contribution is 2.29. The van der Waals surface area contributed by atoms with Crippen LogP contribution in [0.5, 0.6) is 11.5 Å². The number of nitrogens with zero attached hydrogens (tertiary/aromatic N) is 2. The second-order valence-electron chi connectivity index (χ2n) is 7.51. The highest BCUT2D eigenvalue weighted by atomic mass is 16.6. The minimum absolute atomic E-state index is 0.125. The minimum Gasteiger partial charge on any atom is -0.490 e. The number of ether oxygens (including phenoxy) is 2. The van der Waals surface area contributed by atoms with Gasteiger partial charge in [0.1, 0.15) is 0 Å². The van der Waals surface area contributed by atoms with Gasteiger partial charge in [0.05, 0.1) is 23.3 Å². The fraction of sp³-hybridized carbons (Fsp3) is 0.154. The Bertz CT molecular complexity index is 1320. The van der Waals surface area contributed by atoms with E-state index in [1.807, 2.05) is 0 Å². The molecule has 0 radical (unpaired) electrons. The predicted octanol–water partition coefficient (Wildman–Crippen LogP) is 4.33. The molecule has 0 aliphatic carbocycles. The van der Waals surface area contributed by atoms with Crippen LogP contribution in [0, 0.1) is 10.1 Å². The third-order valence-electron chi connectivity index (χ3n) is 4.92. The maximum atomic E-state index is 12.5. The van der Waals surface area contributed by atoms with Gasteiger partial charge in [-0.25, -0.2) is 10.2 Å². The zero-order chi connectivity index (χ0) is 26.8. The molecule has 3 aromatic carbocycles. The molecule has 0 saturated heterocycles. The molecule has 190 valence electrons. The Morgan fingerprint density at radius 3 is 2.24 bits per heavy atom. The van der Waals surface area contributed by atoms with Gasteiger partial charge in [0.15, 0.2) is 11.5 Å². The molecule has 2 N–H and O–H groups in total. The quantitative estimate of drug-likeness (QED) is 0.137. The fourth-order valence-corrected chi connectivity index (χ4v) is 3.02. The molecule has 0 unspecified atom stereocenters. The van der Waals surface area contributed by atoms with Crippen LogP contribution in [0.2, 0.25) is 0 Å². The predicted molar refractivity (Wildman–Crippen MR) is 136 cm³/mol. The Morgan fingerprint density at radius 1 is 0.946 bits per heavy atom. The summed E-state index contributed by atoms with van der Waals surface area (Å²) in [7, 11) is 0. The van der Waals surface area contributed by atoms with Crippen molar-refractivity contribution in [3.05, 3.63) is 93.5 Å². The number of carbonyl (C=O) groups is 3. The van der Waals surface area contributed by atoms with Gasteiger partial charge in [-0.15, -0.1) is 0 Å². The molecule has 0 spiro atoms. The molecule has 0 aromatic heterocycles. The van der Waals surface area contributed by atoms with E-state index in [0.717, 1.165) is 0 Å². The first-order chi connectivity index (χ1) is 17.8. The SMILES string of the molecule is CCOc1cc(/C=N/NC(=O)c2ccc(NC(=O)CC)cc2)ccc1OC(=O)c1ccc([N+](=O)[O-])cc1. The van der Waals surface area contributed by atoms with Crippen molar-refractivity contribution >= 4 is 35.4 Å². The van der Waals surface area contributed by atoms with Crippen LogP contribution in [0.25, 0.3) is 0 Å². The topological polar surface area (TPSA) is 149 Å². The van der Waals surface area contributed by atoms with E-state index in [2.05, 4.69) is 15.8 Å². The largest absolute Gasteiger partial charge is 0.490 e. The van der Waals surface area contributed by atoms with Crippen LogP contribution in [0.4, 0.5) is 11.4 Å². The second-order valence-corrected chi connectivity index (χ2v) is 7.51. The number of esters is 1. The number of hydrogen-bond acceptors (Lipinski definition) is 8. The summed E-state index contributed by atoms with van der Waals surface area (Å²) in [6.45, 7) is 3.81. The highest BCUT2D eigenvalue weighted by Gasteiger charge is 2.15. The van der Waals surface area contributed by atoms with Crippen molar-refractivity contribution in [3.63, 3.8) is 0 Å². The van der Waals surface area contributed by atoms with Gasteiger partial charge in [0.2, 0.25) is 5.91 Å². The van der Waals surface area contributed by atoms with E-state index in [1.165, 1.54) is 36.5 Å². The summed E-state index contributed by atoms with van der Waals surface area (Å²) in [4.78, 5) is 46.5. The first-order valence-electron chi connectivity index (χ1n) is 11.3. The smallest absolute Gasteiger partial charge is 0.343 e. The summed E-state index contributed by atoms with van der Waals surface area (Å²) in [6.07, 6.45) is 1.75. The van der Waals surface area contributed by atoms with Gasteiger partial charge in [0, 0.05) is 29.8 Å². The molecule has 11 nitrogen and oxygen atoms in total. The van der Waals surface area contributed by atoms with Crippen LogP contribution in [0.1, 0.15) is 46.5 Å².